The number of azo groups is 2. The monoisotopic (exact) mass is 422 g/mol. The Morgan fingerprint density at radius 2 is 1.00 bits per heavy atom. The topological polar surface area (TPSA) is 73.0 Å². The summed E-state index contributed by atoms with van der Waals surface area (Å²) in [5.74, 6) is 1.06. The first-order valence-electron chi connectivity index (χ1n) is 10.5. The van der Waals surface area contributed by atoms with E-state index in [1.54, 1.807) is 0 Å². The summed E-state index contributed by atoms with van der Waals surface area (Å²) < 4.78 is 0. The largest absolute Gasteiger partial charge is 0.404 e. The Labute approximate surface area is 186 Å². The van der Waals surface area contributed by atoms with E-state index in [0.29, 0.717) is 5.82 Å². The summed E-state index contributed by atoms with van der Waals surface area (Å²) in [7, 11) is 0. The first kappa shape index (κ1) is 19.8. The first-order valence-corrected chi connectivity index (χ1v) is 10.5. The number of hydrogen-bond donors (Lipinski definition) is 0. The molecule has 0 fully saturated rings. The zero-order valence-corrected chi connectivity index (χ0v) is 17.8. The molecule has 3 aromatic carbocycles. The minimum atomic E-state index is -0.699. The second-order valence-electron chi connectivity index (χ2n) is 7.73. The van der Waals surface area contributed by atoms with Crippen molar-refractivity contribution in [2.75, 3.05) is 9.80 Å². The quantitative estimate of drug-likeness (QED) is 0.454. The Kier molecular flexibility index (Phi) is 5.07. The van der Waals surface area contributed by atoms with Crippen molar-refractivity contribution < 1.29 is 4.79 Å². The molecule has 7 nitrogen and oxygen atoms in total. The number of urea groups is 1. The lowest BCUT2D eigenvalue weighted by Gasteiger charge is -2.33. The lowest BCUT2D eigenvalue weighted by Crippen LogP contribution is -2.33. The summed E-state index contributed by atoms with van der Waals surface area (Å²) >= 11 is 0. The summed E-state index contributed by atoms with van der Waals surface area (Å²) in [5.41, 5.74) is 4.37. The average Bonchev–Trinajstić information content (AvgIpc) is 3.20. The molecule has 0 spiro atoms. The van der Waals surface area contributed by atoms with Crippen LogP contribution in [0, 0.1) is 0 Å². The normalized spacial score (nSPS) is 17.0. The molecule has 5 rings (SSSR count). The molecule has 0 aliphatic carbocycles. The van der Waals surface area contributed by atoms with Crippen molar-refractivity contribution >= 4 is 17.4 Å². The van der Waals surface area contributed by atoms with Crippen molar-refractivity contribution in [3.05, 3.63) is 108 Å². The fraction of sp³-hybridized carbons (Fsp3) is 0.160. The van der Waals surface area contributed by atoms with Gasteiger partial charge >= 0.3 is 6.03 Å². The lowest BCUT2D eigenvalue weighted by molar-refractivity contribution is 0.253. The van der Waals surface area contributed by atoms with Crippen LogP contribution >= 0.6 is 0 Å². The van der Waals surface area contributed by atoms with Gasteiger partial charge in [0.25, 0.3) is 0 Å². The maximum Gasteiger partial charge on any atom is 0.404 e. The third-order valence-electron chi connectivity index (χ3n) is 5.86. The number of para-hydroxylation sites is 2. The zero-order chi connectivity index (χ0) is 22.1. The predicted molar refractivity (Wildman–Crippen MR) is 123 cm³/mol. The Morgan fingerprint density at radius 3 is 1.44 bits per heavy atom. The van der Waals surface area contributed by atoms with E-state index >= 15 is 0 Å². The van der Waals surface area contributed by atoms with Crippen molar-refractivity contribution in [3.8, 4) is 0 Å². The highest BCUT2D eigenvalue weighted by atomic mass is 16.2. The third-order valence-corrected chi connectivity index (χ3v) is 5.86. The SMILES string of the molecule is CC(c1ccccc1)N1C(=C2N=NC(=O)N=N2)N(C(C)c2ccccc2)c2ccccc21. The van der Waals surface area contributed by atoms with Crippen LogP contribution in [0.4, 0.5) is 16.2 Å². The van der Waals surface area contributed by atoms with E-state index < -0.39 is 6.03 Å². The fourth-order valence-corrected chi connectivity index (χ4v) is 4.29. The smallest absolute Gasteiger partial charge is 0.315 e. The van der Waals surface area contributed by atoms with Crippen molar-refractivity contribution in [1.82, 2.24) is 0 Å². The minimum Gasteiger partial charge on any atom is -0.315 e. The van der Waals surface area contributed by atoms with E-state index in [1.807, 2.05) is 48.5 Å². The van der Waals surface area contributed by atoms with Crippen LogP contribution in [0.2, 0.25) is 0 Å². The van der Waals surface area contributed by atoms with Gasteiger partial charge in [0, 0.05) is 0 Å². The van der Waals surface area contributed by atoms with Crippen LogP contribution in [-0.2, 0) is 0 Å². The Morgan fingerprint density at radius 1 is 0.594 bits per heavy atom. The summed E-state index contributed by atoms with van der Waals surface area (Å²) in [6.07, 6.45) is 0. The molecular weight excluding hydrogens is 400 g/mol. The van der Waals surface area contributed by atoms with Crippen molar-refractivity contribution in [3.63, 3.8) is 0 Å². The molecule has 0 bridgehead atoms. The second kappa shape index (κ2) is 8.19. The van der Waals surface area contributed by atoms with Gasteiger partial charge in [0.05, 0.1) is 23.5 Å². The van der Waals surface area contributed by atoms with Crippen LogP contribution in [0.15, 0.2) is 117 Å². The first-order chi connectivity index (χ1) is 15.6. The number of hydrogen-bond acceptors (Lipinski definition) is 5. The highest BCUT2D eigenvalue weighted by Gasteiger charge is 2.40. The zero-order valence-electron chi connectivity index (χ0n) is 17.8. The van der Waals surface area contributed by atoms with E-state index in [9.17, 15) is 4.79 Å². The van der Waals surface area contributed by atoms with E-state index in [0.717, 1.165) is 28.3 Å². The standard InChI is InChI=1S/C25H22N6O/c1-17(19-11-5-3-6-12-19)30-21-15-9-10-16-22(21)31(18(2)20-13-7-4-8-14-20)24(30)23-26-28-25(32)29-27-23/h3-18H,1-2H3. The maximum atomic E-state index is 11.5. The Hall–Kier alpha value is -4.13. The van der Waals surface area contributed by atoms with Gasteiger partial charge in [-0.1, -0.05) is 83.0 Å². The predicted octanol–water partition coefficient (Wildman–Crippen LogP) is 7.00. The molecule has 158 valence electrons. The van der Waals surface area contributed by atoms with Gasteiger partial charge in [0.2, 0.25) is 5.82 Å². The summed E-state index contributed by atoms with van der Waals surface area (Å²) in [6, 6.07) is 28.1. The molecule has 2 aliphatic heterocycles. The van der Waals surface area contributed by atoms with Gasteiger partial charge in [-0.2, -0.15) is 0 Å². The van der Waals surface area contributed by atoms with Gasteiger partial charge < -0.3 is 9.80 Å². The molecule has 2 heterocycles. The molecular formula is C25H22N6O. The number of carbonyl (C=O) groups excluding carboxylic acids is 1. The average molecular weight is 422 g/mol. The Balaban J connectivity index is 1.72. The van der Waals surface area contributed by atoms with Gasteiger partial charge in [0.15, 0.2) is 5.82 Å². The van der Waals surface area contributed by atoms with Crippen LogP contribution < -0.4 is 9.80 Å². The number of benzene rings is 3. The highest BCUT2D eigenvalue weighted by Crippen LogP contribution is 2.50. The number of carbonyl (C=O) groups is 1. The van der Waals surface area contributed by atoms with Gasteiger partial charge in [-0.15, -0.1) is 10.2 Å². The molecule has 7 heteroatoms. The van der Waals surface area contributed by atoms with Gasteiger partial charge in [0.1, 0.15) is 0 Å². The van der Waals surface area contributed by atoms with Crippen LogP contribution in [-0.4, -0.2) is 6.03 Å². The van der Waals surface area contributed by atoms with Crippen molar-refractivity contribution in [2.24, 2.45) is 20.5 Å². The van der Waals surface area contributed by atoms with Crippen LogP contribution in [0.3, 0.4) is 0 Å². The Bertz CT molecular complexity index is 1140. The molecule has 0 aromatic heterocycles. The molecule has 2 atom stereocenters. The van der Waals surface area contributed by atoms with Crippen LogP contribution in [0.1, 0.15) is 37.1 Å². The third kappa shape index (κ3) is 3.37. The number of nitrogens with zero attached hydrogens (tertiary/aromatic N) is 6. The van der Waals surface area contributed by atoms with Gasteiger partial charge in [-0.25, -0.2) is 4.79 Å². The molecule has 0 N–H and O–H groups in total. The second-order valence-corrected chi connectivity index (χ2v) is 7.73. The van der Waals surface area contributed by atoms with Crippen LogP contribution in [0.25, 0.3) is 0 Å². The number of rotatable bonds is 4. The lowest BCUT2D eigenvalue weighted by atomic mass is 10.1. The molecule has 3 aromatic rings. The number of amides is 2. The molecule has 0 saturated heterocycles. The summed E-state index contributed by atoms with van der Waals surface area (Å²) in [4.78, 5) is 15.9. The molecule has 2 unspecified atom stereocenters. The minimum absolute atomic E-state index is 0.0177. The molecule has 0 saturated carbocycles. The van der Waals surface area contributed by atoms with E-state index in [2.05, 4.69) is 80.5 Å². The number of fused-ring (bicyclic) bond motifs is 1. The van der Waals surface area contributed by atoms with Crippen molar-refractivity contribution in [2.45, 2.75) is 25.9 Å². The van der Waals surface area contributed by atoms with Gasteiger partial charge in [-0.05, 0) is 37.1 Å². The fourth-order valence-electron chi connectivity index (χ4n) is 4.29. The van der Waals surface area contributed by atoms with Gasteiger partial charge in [-0.3, -0.25) is 0 Å². The molecule has 32 heavy (non-hydrogen) atoms. The molecule has 2 aliphatic rings. The summed E-state index contributed by atoms with van der Waals surface area (Å²) in [6.45, 7) is 4.29. The maximum absolute atomic E-state index is 11.5. The van der Waals surface area contributed by atoms with Crippen molar-refractivity contribution in [1.29, 1.82) is 0 Å². The highest BCUT2D eigenvalue weighted by molar-refractivity contribution is 5.84. The van der Waals surface area contributed by atoms with E-state index in [-0.39, 0.29) is 12.1 Å². The molecule has 0 radical (unpaired) electrons. The van der Waals surface area contributed by atoms with Crippen LogP contribution in [0.5, 0.6) is 0 Å². The van der Waals surface area contributed by atoms with E-state index in [1.165, 1.54) is 0 Å². The van der Waals surface area contributed by atoms with E-state index in [4.69, 9.17) is 0 Å². The summed E-state index contributed by atoms with van der Waals surface area (Å²) in [5, 5.41) is 15.6. The number of anilines is 2. The molecule has 2 amide bonds.